The molecular formula is C15H17BrFNO. The third-order valence-corrected chi connectivity index (χ3v) is 4.00. The second-order valence-corrected chi connectivity index (χ2v) is 5.72. The highest BCUT2D eigenvalue weighted by atomic mass is 79.9. The van der Waals surface area contributed by atoms with Crippen LogP contribution in [0.1, 0.15) is 36.0 Å². The van der Waals surface area contributed by atoms with Gasteiger partial charge in [-0.1, -0.05) is 34.8 Å². The van der Waals surface area contributed by atoms with Crippen LogP contribution >= 0.6 is 15.9 Å². The SMILES string of the molecule is C=CCN(C(=O)c1cc(Br)ccc1F)C1CCCC1. The molecule has 4 heteroatoms. The van der Waals surface area contributed by atoms with Crippen LogP contribution in [0.2, 0.25) is 0 Å². The van der Waals surface area contributed by atoms with Crippen molar-refractivity contribution < 1.29 is 9.18 Å². The van der Waals surface area contributed by atoms with E-state index in [4.69, 9.17) is 0 Å². The van der Waals surface area contributed by atoms with Gasteiger partial charge in [-0.3, -0.25) is 4.79 Å². The number of hydrogen-bond acceptors (Lipinski definition) is 1. The van der Waals surface area contributed by atoms with Crippen molar-refractivity contribution in [1.29, 1.82) is 0 Å². The van der Waals surface area contributed by atoms with Gasteiger partial charge in [-0.25, -0.2) is 4.39 Å². The summed E-state index contributed by atoms with van der Waals surface area (Å²) in [5, 5.41) is 0. The predicted octanol–water partition coefficient (Wildman–Crippen LogP) is 4.16. The fourth-order valence-corrected chi connectivity index (χ4v) is 2.93. The van der Waals surface area contributed by atoms with Crippen LogP contribution in [0.15, 0.2) is 35.3 Å². The van der Waals surface area contributed by atoms with Crippen LogP contribution in [-0.4, -0.2) is 23.4 Å². The highest BCUT2D eigenvalue weighted by Gasteiger charge is 2.28. The smallest absolute Gasteiger partial charge is 0.257 e. The molecule has 1 aliphatic carbocycles. The summed E-state index contributed by atoms with van der Waals surface area (Å²) in [5.74, 6) is -0.717. The van der Waals surface area contributed by atoms with E-state index in [1.54, 1.807) is 23.1 Å². The van der Waals surface area contributed by atoms with Gasteiger partial charge in [0.05, 0.1) is 5.56 Å². The van der Waals surface area contributed by atoms with Crippen molar-refractivity contribution >= 4 is 21.8 Å². The number of halogens is 2. The monoisotopic (exact) mass is 325 g/mol. The van der Waals surface area contributed by atoms with Crippen LogP contribution < -0.4 is 0 Å². The fourth-order valence-electron chi connectivity index (χ4n) is 2.57. The Morgan fingerprint density at radius 3 is 2.79 bits per heavy atom. The Hall–Kier alpha value is -1.16. The van der Waals surface area contributed by atoms with E-state index in [2.05, 4.69) is 22.5 Å². The number of benzene rings is 1. The van der Waals surface area contributed by atoms with Gasteiger partial charge in [0.15, 0.2) is 0 Å². The molecule has 0 bridgehead atoms. The fraction of sp³-hybridized carbons (Fsp3) is 0.400. The summed E-state index contributed by atoms with van der Waals surface area (Å²) in [7, 11) is 0. The first-order valence-corrected chi connectivity index (χ1v) is 7.29. The summed E-state index contributed by atoms with van der Waals surface area (Å²) in [4.78, 5) is 14.3. The van der Waals surface area contributed by atoms with Crippen LogP contribution in [0.5, 0.6) is 0 Å². The standard InChI is InChI=1S/C15H17BrFNO/c1-2-9-18(12-5-3-4-6-12)15(19)13-10-11(16)7-8-14(13)17/h2,7-8,10,12H,1,3-6,9H2. The molecule has 0 heterocycles. The van der Waals surface area contributed by atoms with E-state index >= 15 is 0 Å². The van der Waals surface area contributed by atoms with E-state index in [0.717, 1.165) is 25.7 Å². The van der Waals surface area contributed by atoms with Crippen molar-refractivity contribution in [2.45, 2.75) is 31.7 Å². The Bertz CT molecular complexity index is 483. The molecule has 1 amide bonds. The summed E-state index contributed by atoms with van der Waals surface area (Å²) in [5.41, 5.74) is 0.128. The number of carbonyl (C=O) groups excluding carboxylic acids is 1. The van der Waals surface area contributed by atoms with Crippen LogP contribution in [0.3, 0.4) is 0 Å². The summed E-state index contributed by atoms with van der Waals surface area (Å²) in [6, 6.07) is 4.67. The average Bonchev–Trinajstić information content (AvgIpc) is 2.92. The quantitative estimate of drug-likeness (QED) is 0.761. The lowest BCUT2D eigenvalue weighted by Crippen LogP contribution is -2.39. The molecule has 0 spiro atoms. The topological polar surface area (TPSA) is 20.3 Å². The van der Waals surface area contributed by atoms with Gasteiger partial charge in [-0.2, -0.15) is 0 Å². The molecule has 1 aromatic rings. The number of amides is 1. The van der Waals surface area contributed by atoms with Gasteiger partial charge in [0.25, 0.3) is 5.91 Å². The Kier molecular flexibility index (Phi) is 4.75. The Morgan fingerprint density at radius 2 is 2.16 bits per heavy atom. The molecule has 0 unspecified atom stereocenters. The van der Waals surface area contributed by atoms with Gasteiger partial charge < -0.3 is 4.90 Å². The van der Waals surface area contributed by atoms with Gasteiger partial charge in [0, 0.05) is 17.1 Å². The van der Waals surface area contributed by atoms with Crippen molar-refractivity contribution in [1.82, 2.24) is 4.90 Å². The van der Waals surface area contributed by atoms with E-state index in [-0.39, 0.29) is 17.5 Å². The number of rotatable bonds is 4. The molecule has 0 saturated heterocycles. The maximum absolute atomic E-state index is 13.8. The van der Waals surface area contributed by atoms with Gasteiger partial charge >= 0.3 is 0 Å². The Labute approximate surface area is 121 Å². The van der Waals surface area contributed by atoms with Crippen molar-refractivity contribution in [3.63, 3.8) is 0 Å². The zero-order valence-electron chi connectivity index (χ0n) is 10.7. The van der Waals surface area contributed by atoms with Gasteiger partial charge in [0.2, 0.25) is 0 Å². The highest BCUT2D eigenvalue weighted by Crippen LogP contribution is 2.26. The van der Waals surface area contributed by atoms with Crippen molar-refractivity contribution in [2.75, 3.05) is 6.54 Å². The van der Waals surface area contributed by atoms with Gasteiger partial charge in [-0.15, -0.1) is 6.58 Å². The van der Waals surface area contributed by atoms with Crippen molar-refractivity contribution in [3.05, 3.63) is 46.7 Å². The van der Waals surface area contributed by atoms with E-state index < -0.39 is 5.82 Å². The van der Waals surface area contributed by atoms with Crippen LogP contribution in [-0.2, 0) is 0 Å². The van der Waals surface area contributed by atoms with E-state index in [1.165, 1.54) is 6.07 Å². The second kappa shape index (κ2) is 6.33. The molecule has 0 N–H and O–H groups in total. The lowest BCUT2D eigenvalue weighted by Gasteiger charge is -2.28. The first kappa shape index (κ1) is 14.3. The maximum Gasteiger partial charge on any atom is 0.257 e. The molecule has 0 aromatic heterocycles. The molecule has 2 nitrogen and oxygen atoms in total. The highest BCUT2D eigenvalue weighted by molar-refractivity contribution is 9.10. The zero-order valence-corrected chi connectivity index (χ0v) is 12.3. The Morgan fingerprint density at radius 1 is 1.47 bits per heavy atom. The summed E-state index contributed by atoms with van der Waals surface area (Å²) in [6.07, 6.45) is 5.95. The summed E-state index contributed by atoms with van der Waals surface area (Å²) >= 11 is 3.28. The van der Waals surface area contributed by atoms with E-state index in [1.807, 2.05) is 0 Å². The first-order valence-electron chi connectivity index (χ1n) is 6.50. The third-order valence-electron chi connectivity index (χ3n) is 3.51. The summed E-state index contributed by atoms with van der Waals surface area (Å²) < 4.78 is 14.5. The van der Waals surface area contributed by atoms with Crippen LogP contribution in [0, 0.1) is 5.82 Å². The lowest BCUT2D eigenvalue weighted by atomic mass is 10.1. The molecule has 1 aromatic carbocycles. The molecule has 102 valence electrons. The molecule has 19 heavy (non-hydrogen) atoms. The van der Waals surface area contributed by atoms with E-state index in [9.17, 15) is 9.18 Å². The molecule has 0 aliphatic heterocycles. The lowest BCUT2D eigenvalue weighted by molar-refractivity contribution is 0.0701. The predicted molar refractivity (Wildman–Crippen MR) is 77.6 cm³/mol. The molecule has 1 aliphatic rings. The second-order valence-electron chi connectivity index (χ2n) is 4.81. The van der Waals surface area contributed by atoms with Crippen LogP contribution in [0.25, 0.3) is 0 Å². The number of hydrogen-bond donors (Lipinski definition) is 0. The minimum Gasteiger partial charge on any atom is -0.332 e. The molecule has 0 atom stereocenters. The normalized spacial score (nSPS) is 15.5. The summed E-state index contributed by atoms with van der Waals surface area (Å²) in [6.45, 7) is 4.16. The average molecular weight is 326 g/mol. The number of carbonyl (C=O) groups is 1. The van der Waals surface area contributed by atoms with Crippen molar-refractivity contribution in [3.8, 4) is 0 Å². The van der Waals surface area contributed by atoms with Gasteiger partial charge in [-0.05, 0) is 31.0 Å². The van der Waals surface area contributed by atoms with Crippen molar-refractivity contribution in [2.24, 2.45) is 0 Å². The molecule has 1 fully saturated rings. The Balaban J connectivity index is 2.27. The first-order chi connectivity index (χ1) is 9.13. The number of nitrogens with zero attached hydrogens (tertiary/aromatic N) is 1. The van der Waals surface area contributed by atoms with Crippen LogP contribution in [0.4, 0.5) is 4.39 Å². The molecular weight excluding hydrogens is 309 g/mol. The minimum absolute atomic E-state index is 0.128. The van der Waals surface area contributed by atoms with E-state index in [0.29, 0.717) is 11.0 Å². The van der Waals surface area contributed by atoms with Gasteiger partial charge in [0.1, 0.15) is 5.82 Å². The third kappa shape index (κ3) is 3.24. The maximum atomic E-state index is 13.8. The molecule has 0 radical (unpaired) electrons. The largest absolute Gasteiger partial charge is 0.332 e. The molecule has 1 saturated carbocycles. The minimum atomic E-state index is -0.472. The molecule has 2 rings (SSSR count). The zero-order chi connectivity index (χ0) is 13.8.